The van der Waals surface area contributed by atoms with Gasteiger partial charge in [0.1, 0.15) is 10.9 Å². The van der Waals surface area contributed by atoms with Crippen LogP contribution >= 0.6 is 11.3 Å². The van der Waals surface area contributed by atoms with Crippen LogP contribution in [0, 0.1) is 6.92 Å². The van der Waals surface area contributed by atoms with Gasteiger partial charge in [-0.3, -0.25) is 14.2 Å². The number of carbonyl (C=O) groups is 1. The van der Waals surface area contributed by atoms with Crippen LogP contribution in [0.1, 0.15) is 42.7 Å². The molecule has 0 saturated carbocycles. The Morgan fingerprint density at radius 2 is 2.24 bits per heavy atom. The highest BCUT2D eigenvalue weighted by molar-refractivity contribution is 7.18. The molecule has 0 spiro atoms. The Morgan fingerprint density at radius 3 is 3.00 bits per heavy atom. The SMILES string of the molecule is CCc1c(C)sc2ncn([C@H]3CCCCNC3=O)c(=O)c12. The van der Waals surface area contributed by atoms with Crippen molar-refractivity contribution in [1.82, 2.24) is 14.9 Å². The predicted molar refractivity (Wildman–Crippen MR) is 83.9 cm³/mol. The van der Waals surface area contributed by atoms with E-state index in [4.69, 9.17) is 0 Å². The summed E-state index contributed by atoms with van der Waals surface area (Å²) in [6.07, 6.45) is 4.95. The second kappa shape index (κ2) is 5.60. The Balaban J connectivity index is 2.17. The highest BCUT2D eigenvalue weighted by Crippen LogP contribution is 2.28. The number of nitrogens with one attached hydrogen (secondary N) is 1. The zero-order chi connectivity index (χ0) is 15.0. The van der Waals surface area contributed by atoms with Crippen molar-refractivity contribution in [2.75, 3.05) is 6.54 Å². The molecule has 21 heavy (non-hydrogen) atoms. The largest absolute Gasteiger partial charge is 0.354 e. The van der Waals surface area contributed by atoms with Crippen LogP contribution in [0.4, 0.5) is 0 Å². The number of amides is 1. The van der Waals surface area contributed by atoms with Crippen molar-refractivity contribution in [3.05, 3.63) is 27.1 Å². The molecule has 1 aliphatic heterocycles. The van der Waals surface area contributed by atoms with Crippen LogP contribution in [0.15, 0.2) is 11.1 Å². The van der Waals surface area contributed by atoms with Crippen molar-refractivity contribution < 1.29 is 4.79 Å². The van der Waals surface area contributed by atoms with E-state index in [1.54, 1.807) is 11.3 Å². The average molecular weight is 305 g/mol. The molecule has 3 heterocycles. The molecular weight excluding hydrogens is 286 g/mol. The Bertz CT molecular complexity index is 747. The molecule has 1 atom stereocenters. The van der Waals surface area contributed by atoms with Crippen LogP contribution in [-0.2, 0) is 11.2 Å². The monoisotopic (exact) mass is 305 g/mol. The lowest BCUT2D eigenvalue weighted by atomic mass is 10.1. The number of hydrogen-bond donors (Lipinski definition) is 1. The van der Waals surface area contributed by atoms with E-state index >= 15 is 0 Å². The van der Waals surface area contributed by atoms with Crippen LogP contribution in [0.2, 0.25) is 0 Å². The van der Waals surface area contributed by atoms with Crippen molar-refractivity contribution in [3.63, 3.8) is 0 Å². The van der Waals surface area contributed by atoms with E-state index in [1.807, 2.05) is 13.8 Å². The zero-order valence-corrected chi connectivity index (χ0v) is 13.1. The van der Waals surface area contributed by atoms with Crippen LogP contribution in [0.25, 0.3) is 10.2 Å². The van der Waals surface area contributed by atoms with Gasteiger partial charge in [-0.05, 0) is 38.2 Å². The summed E-state index contributed by atoms with van der Waals surface area (Å²) >= 11 is 1.55. The molecule has 1 saturated heterocycles. The predicted octanol–water partition coefficient (Wildman–Crippen LogP) is 2.17. The Kier molecular flexibility index (Phi) is 3.80. The van der Waals surface area contributed by atoms with Gasteiger partial charge in [0.2, 0.25) is 5.91 Å². The molecule has 3 rings (SSSR count). The molecule has 0 unspecified atom stereocenters. The van der Waals surface area contributed by atoms with E-state index in [9.17, 15) is 9.59 Å². The van der Waals surface area contributed by atoms with E-state index < -0.39 is 6.04 Å². The Hall–Kier alpha value is -1.69. The zero-order valence-electron chi connectivity index (χ0n) is 12.3. The first-order valence-electron chi connectivity index (χ1n) is 7.40. The summed E-state index contributed by atoms with van der Waals surface area (Å²) in [5, 5.41) is 3.57. The fourth-order valence-electron chi connectivity index (χ4n) is 3.01. The minimum atomic E-state index is -0.429. The topological polar surface area (TPSA) is 64.0 Å². The van der Waals surface area contributed by atoms with Gasteiger partial charge in [-0.25, -0.2) is 4.98 Å². The number of aromatic nitrogens is 2. The van der Waals surface area contributed by atoms with Gasteiger partial charge in [0.25, 0.3) is 5.56 Å². The Labute approximate surface area is 127 Å². The third-order valence-corrected chi connectivity index (χ3v) is 5.19. The number of nitrogens with zero attached hydrogens (tertiary/aromatic N) is 2. The number of carbonyl (C=O) groups excluding carboxylic acids is 1. The van der Waals surface area contributed by atoms with Gasteiger partial charge < -0.3 is 5.32 Å². The molecule has 1 fully saturated rings. The summed E-state index contributed by atoms with van der Waals surface area (Å²) in [4.78, 5) is 31.3. The van der Waals surface area contributed by atoms with Crippen molar-refractivity contribution in [2.24, 2.45) is 0 Å². The lowest BCUT2D eigenvalue weighted by Crippen LogP contribution is -2.36. The van der Waals surface area contributed by atoms with Crippen molar-refractivity contribution in [2.45, 2.75) is 45.6 Å². The number of aryl methyl sites for hydroxylation is 2. The quantitative estimate of drug-likeness (QED) is 0.925. The van der Waals surface area contributed by atoms with Crippen molar-refractivity contribution in [3.8, 4) is 0 Å². The molecule has 1 N–H and O–H groups in total. The van der Waals surface area contributed by atoms with Gasteiger partial charge in [0.15, 0.2) is 0 Å². The highest BCUT2D eigenvalue weighted by atomic mass is 32.1. The maximum atomic E-state index is 12.8. The number of rotatable bonds is 2. The van der Waals surface area contributed by atoms with Crippen LogP contribution in [-0.4, -0.2) is 22.0 Å². The van der Waals surface area contributed by atoms with Crippen LogP contribution < -0.4 is 10.9 Å². The smallest absolute Gasteiger partial charge is 0.263 e. The molecule has 5 nitrogen and oxygen atoms in total. The third kappa shape index (κ3) is 2.37. The summed E-state index contributed by atoms with van der Waals surface area (Å²) < 4.78 is 1.52. The summed E-state index contributed by atoms with van der Waals surface area (Å²) in [5.74, 6) is -0.0687. The first-order chi connectivity index (χ1) is 10.1. The van der Waals surface area contributed by atoms with Crippen LogP contribution in [0.3, 0.4) is 0 Å². The summed E-state index contributed by atoms with van der Waals surface area (Å²) in [7, 11) is 0. The summed E-state index contributed by atoms with van der Waals surface area (Å²) in [6.45, 7) is 4.76. The number of thiophene rings is 1. The van der Waals surface area contributed by atoms with Gasteiger partial charge in [-0.2, -0.15) is 0 Å². The molecular formula is C15H19N3O2S. The molecule has 0 radical (unpaired) electrons. The lowest BCUT2D eigenvalue weighted by Gasteiger charge is -2.16. The Morgan fingerprint density at radius 1 is 1.43 bits per heavy atom. The molecule has 6 heteroatoms. The van der Waals surface area contributed by atoms with E-state index in [0.29, 0.717) is 18.4 Å². The van der Waals surface area contributed by atoms with Gasteiger partial charge in [-0.1, -0.05) is 6.92 Å². The standard InChI is InChI=1S/C15H19N3O2S/c1-3-10-9(2)21-14-12(10)15(20)18(8-17-14)11-6-4-5-7-16-13(11)19/h8,11H,3-7H2,1-2H3,(H,16,19)/t11-/m0/s1. The van der Waals surface area contributed by atoms with E-state index in [1.165, 1.54) is 10.9 Å². The fourth-order valence-corrected chi connectivity index (χ4v) is 4.08. The minimum absolute atomic E-state index is 0.0687. The molecule has 112 valence electrons. The van der Waals surface area contributed by atoms with Crippen molar-refractivity contribution in [1.29, 1.82) is 0 Å². The van der Waals surface area contributed by atoms with E-state index in [0.717, 1.165) is 34.5 Å². The molecule has 0 bridgehead atoms. The number of fused-ring (bicyclic) bond motifs is 1. The highest BCUT2D eigenvalue weighted by Gasteiger charge is 2.25. The van der Waals surface area contributed by atoms with E-state index in [-0.39, 0.29) is 11.5 Å². The van der Waals surface area contributed by atoms with Crippen molar-refractivity contribution >= 4 is 27.5 Å². The molecule has 2 aromatic heterocycles. The fraction of sp³-hybridized carbons (Fsp3) is 0.533. The minimum Gasteiger partial charge on any atom is -0.354 e. The lowest BCUT2D eigenvalue weighted by molar-refractivity contribution is -0.124. The molecule has 1 amide bonds. The molecule has 2 aromatic rings. The molecule has 0 aromatic carbocycles. The van der Waals surface area contributed by atoms with Crippen LogP contribution in [0.5, 0.6) is 0 Å². The molecule has 1 aliphatic rings. The first-order valence-corrected chi connectivity index (χ1v) is 8.22. The summed E-state index contributed by atoms with van der Waals surface area (Å²) in [5.41, 5.74) is 0.985. The molecule has 0 aliphatic carbocycles. The normalized spacial score (nSPS) is 19.5. The maximum absolute atomic E-state index is 12.8. The number of hydrogen-bond acceptors (Lipinski definition) is 4. The summed E-state index contributed by atoms with van der Waals surface area (Å²) in [6, 6.07) is -0.429. The third-order valence-electron chi connectivity index (χ3n) is 4.13. The van der Waals surface area contributed by atoms with Gasteiger partial charge in [0.05, 0.1) is 11.7 Å². The first kappa shape index (κ1) is 14.3. The van der Waals surface area contributed by atoms with Gasteiger partial charge >= 0.3 is 0 Å². The second-order valence-corrected chi connectivity index (χ2v) is 6.63. The second-order valence-electron chi connectivity index (χ2n) is 5.43. The van der Waals surface area contributed by atoms with E-state index in [2.05, 4.69) is 10.3 Å². The average Bonchev–Trinajstić information content (AvgIpc) is 2.64. The maximum Gasteiger partial charge on any atom is 0.263 e. The van der Waals surface area contributed by atoms with Gasteiger partial charge in [0, 0.05) is 11.4 Å². The van der Waals surface area contributed by atoms with Gasteiger partial charge in [-0.15, -0.1) is 11.3 Å².